The second kappa shape index (κ2) is 6.99. The molecule has 0 aromatic carbocycles. The van der Waals surface area contributed by atoms with Gasteiger partial charge in [-0.25, -0.2) is 0 Å². The summed E-state index contributed by atoms with van der Waals surface area (Å²) < 4.78 is 82.1. The summed E-state index contributed by atoms with van der Waals surface area (Å²) in [7, 11) is 0. The second-order valence-electron chi connectivity index (χ2n) is 3.65. The predicted octanol–water partition coefficient (Wildman–Crippen LogP) is 2.80. The number of aliphatic hydroxyl groups is 1. The fourth-order valence-electron chi connectivity index (χ4n) is 1.02. The topological polar surface area (TPSA) is 38.7 Å². The van der Waals surface area contributed by atoms with E-state index in [0.717, 1.165) is 6.26 Å². The highest BCUT2D eigenvalue weighted by Crippen LogP contribution is 2.43. The zero-order valence-corrected chi connectivity index (χ0v) is 9.85. The minimum absolute atomic E-state index is 0.194. The molecule has 0 aliphatic heterocycles. The molecule has 0 amide bonds. The van der Waals surface area contributed by atoms with Gasteiger partial charge in [0.2, 0.25) is 0 Å². The van der Waals surface area contributed by atoms with Crippen molar-refractivity contribution in [1.29, 1.82) is 0 Å². The molecule has 0 bridgehead atoms. The molecule has 0 aromatic heterocycles. The first-order valence-corrected chi connectivity index (χ1v) is 5.22. The molecule has 0 rings (SSSR count). The smallest absolute Gasteiger partial charge is 0.428 e. The molecule has 0 aromatic rings. The standard InChI is InChI=1S/C10H14F6O3/c1-2-18-5-3-4-6-19-7-8(17,9(11,12)13)10(14,15)16/h2,17H,1,3-7H2. The molecular weight excluding hydrogens is 282 g/mol. The molecule has 0 spiro atoms. The van der Waals surface area contributed by atoms with E-state index in [4.69, 9.17) is 5.11 Å². The van der Waals surface area contributed by atoms with Gasteiger partial charge in [-0.2, -0.15) is 26.3 Å². The first kappa shape index (κ1) is 18.0. The van der Waals surface area contributed by atoms with Gasteiger partial charge in [-0.05, 0) is 12.8 Å². The highest BCUT2D eigenvalue weighted by atomic mass is 19.4. The van der Waals surface area contributed by atoms with Crippen molar-refractivity contribution in [3.8, 4) is 0 Å². The summed E-state index contributed by atoms with van der Waals surface area (Å²) in [5.74, 6) is 0. The number of rotatable bonds is 8. The first-order valence-electron chi connectivity index (χ1n) is 5.22. The van der Waals surface area contributed by atoms with Crippen molar-refractivity contribution in [3.05, 3.63) is 12.8 Å². The summed E-state index contributed by atoms with van der Waals surface area (Å²) in [4.78, 5) is 0. The van der Waals surface area contributed by atoms with Crippen LogP contribution in [0.25, 0.3) is 0 Å². The van der Waals surface area contributed by atoms with Crippen molar-refractivity contribution < 1.29 is 40.9 Å². The summed E-state index contributed by atoms with van der Waals surface area (Å²) in [5.41, 5.74) is -4.85. The van der Waals surface area contributed by atoms with Crippen LogP contribution in [-0.2, 0) is 9.47 Å². The van der Waals surface area contributed by atoms with E-state index < -0.39 is 24.6 Å². The van der Waals surface area contributed by atoms with Crippen LogP contribution in [0.3, 0.4) is 0 Å². The average Bonchev–Trinajstić information content (AvgIpc) is 2.24. The van der Waals surface area contributed by atoms with Gasteiger partial charge in [-0.1, -0.05) is 6.58 Å². The van der Waals surface area contributed by atoms with Crippen molar-refractivity contribution in [2.45, 2.75) is 30.8 Å². The molecule has 0 radical (unpaired) electrons. The molecule has 0 atom stereocenters. The zero-order chi connectivity index (χ0) is 15.2. The third kappa shape index (κ3) is 5.27. The molecule has 0 aliphatic carbocycles. The van der Waals surface area contributed by atoms with Crippen LogP contribution in [0.4, 0.5) is 26.3 Å². The van der Waals surface area contributed by atoms with Gasteiger partial charge in [0.05, 0.1) is 19.5 Å². The fraction of sp³-hybridized carbons (Fsp3) is 0.800. The SMILES string of the molecule is C=COCCCCOCC(O)(C(F)(F)F)C(F)(F)F. The zero-order valence-electron chi connectivity index (χ0n) is 9.85. The number of halogens is 6. The lowest BCUT2D eigenvalue weighted by Crippen LogP contribution is -2.60. The third-order valence-corrected chi connectivity index (χ3v) is 2.17. The summed E-state index contributed by atoms with van der Waals surface area (Å²) in [6, 6.07) is 0. The lowest BCUT2D eigenvalue weighted by atomic mass is 10.0. The maximum Gasteiger partial charge on any atom is 0.428 e. The van der Waals surface area contributed by atoms with E-state index in [-0.39, 0.29) is 19.6 Å². The van der Waals surface area contributed by atoms with Crippen LogP contribution in [0.1, 0.15) is 12.8 Å². The van der Waals surface area contributed by atoms with E-state index >= 15 is 0 Å². The molecule has 0 fully saturated rings. The van der Waals surface area contributed by atoms with Crippen LogP contribution in [-0.4, -0.2) is 42.9 Å². The molecule has 0 aliphatic rings. The Balaban J connectivity index is 4.21. The highest BCUT2D eigenvalue weighted by Gasteiger charge is 2.70. The lowest BCUT2D eigenvalue weighted by Gasteiger charge is -2.31. The van der Waals surface area contributed by atoms with Gasteiger partial charge in [0.1, 0.15) is 0 Å². The average molecular weight is 296 g/mol. The molecule has 0 unspecified atom stereocenters. The minimum Gasteiger partial charge on any atom is -0.502 e. The van der Waals surface area contributed by atoms with Crippen molar-refractivity contribution in [3.63, 3.8) is 0 Å². The summed E-state index contributed by atoms with van der Waals surface area (Å²) in [5, 5.41) is 8.71. The van der Waals surface area contributed by atoms with Crippen LogP contribution in [0.15, 0.2) is 12.8 Å². The van der Waals surface area contributed by atoms with Crippen LogP contribution < -0.4 is 0 Å². The van der Waals surface area contributed by atoms with Crippen molar-refractivity contribution in [2.24, 2.45) is 0 Å². The van der Waals surface area contributed by atoms with E-state index in [1.807, 2.05) is 0 Å². The molecule has 3 nitrogen and oxygen atoms in total. The highest BCUT2D eigenvalue weighted by molar-refractivity contribution is 4.93. The number of ether oxygens (including phenoxy) is 2. The van der Waals surface area contributed by atoms with Crippen molar-refractivity contribution in [1.82, 2.24) is 0 Å². The Morgan fingerprint density at radius 3 is 1.84 bits per heavy atom. The van der Waals surface area contributed by atoms with Gasteiger partial charge in [-0.15, -0.1) is 0 Å². The largest absolute Gasteiger partial charge is 0.502 e. The van der Waals surface area contributed by atoms with Crippen LogP contribution in [0, 0.1) is 0 Å². The first-order chi connectivity index (χ1) is 8.56. The fourth-order valence-corrected chi connectivity index (χ4v) is 1.02. The normalized spacial score (nSPS) is 13.4. The maximum absolute atomic E-state index is 12.2. The van der Waals surface area contributed by atoms with Gasteiger partial charge >= 0.3 is 12.4 Å². The van der Waals surface area contributed by atoms with E-state index in [1.165, 1.54) is 0 Å². The molecule has 0 saturated carbocycles. The van der Waals surface area contributed by atoms with E-state index in [9.17, 15) is 26.3 Å². The summed E-state index contributed by atoms with van der Waals surface area (Å²) in [6.07, 6.45) is -9.97. The third-order valence-electron chi connectivity index (χ3n) is 2.17. The molecule has 1 N–H and O–H groups in total. The van der Waals surface area contributed by atoms with E-state index in [2.05, 4.69) is 16.1 Å². The van der Waals surface area contributed by atoms with Gasteiger partial charge in [0, 0.05) is 6.61 Å². The van der Waals surface area contributed by atoms with Crippen molar-refractivity contribution >= 4 is 0 Å². The van der Waals surface area contributed by atoms with Crippen LogP contribution in [0.2, 0.25) is 0 Å². The van der Waals surface area contributed by atoms with E-state index in [1.54, 1.807) is 0 Å². The van der Waals surface area contributed by atoms with Gasteiger partial charge < -0.3 is 14.6 Å². The Morgan fingerprint density at radius 2 is 1.42 bits per heavy atom. The Hall–Kier alpha value is -0.960. The molecule has 114 valence electrons. The number of alkyl halides is 6. The quantitative estimate of drug-likeness (QED) is 0.425. The monoisotopic (exact) mass is 296 g/mol. The number of hydrogen-bond donors (Lipinski definition) is 1. The van der Waals surface area contributed by atoms with Gasteiger partial charge in [0.15, 0.2) is 0 Å². The Kier molecular flexibility index (Phi) is 6.64. The van der Waals surface area contributed by atoms with E-state index in [0.29, 0.717) is 6.42 Å². The Morgan fingerprint density at radius 1 is 0.947 bits per heavy atom. The second-order valence-corrected chi connectivity index (χ2v) is 3.65. The summed E-state index contributed by atoms with van der Waals surface area (Å²) >= 11 is 0. The maximum atomic E-state index is 12.2. The Bertz CT molecular complexity index is 259. The molecule has 19 heavy (non-hydrogen) atoms. The number of unbranched alkanes of at least 4 members (excludes halogenated alkanes) is 1. The van der Waals surface area contributed by atoms with Gasteiger partial charge in [0.25, 0.3) is 5.60 Å². The predicted molar refractivity (Wildman–Crippen MR) is 53.3 cm³/mol. The number of hydrogen-bond acceptors (Lipinski definition) is 3. The lowest BCUT2D eigenvalue weighted by molar-refractivity contribution is -0.378. The Labute approximate surface area is 105 Å². The van der Waals surface area contributed by atoms with Gasteiger partial charge in [-0.3, -0.25) is 0 Å². The minimum atomic E-state index is -5.85. The van der Waals surface area contributed by atoms with Crippen LogP contribution >= 0.6 is 0 Å². The molecular formula is C10H14F6O3. The molecule has 9 heteroatoms. The molecule has 0 saturated heterocycles. The molecule has 0 heterocycles. The van der Waals surface area contributed by atoms with Crippen LogP contribution in [0.5, 0.6) is 0 Å². The summed E-state index contributed by atoms with van der Waals surface area (Å²) in [6.45, 7) is 1.24. The van der Waals surface area contributed by atoms with Crippen molar-refractivity contribution in [2.75, 3.05) is 19.8 Å².